The maximum atomic E-state index is 12.4. The van der Waals surface area contributed by atoms with E-state index in [9.17, 15) is 9.59 Å². The molecule has 6 heteroatoms. The van der Waals surface area contributed by atoms with Gasteiger partial charge in [0, 0.05) is 23.4 Å². The fourth-order valence-corrected chi connectivity index (χ4v) is 2.69. The highest BCUT2D eigenvalue weighted by Gasteiger charge is 2.11. The van der Waals surface area contributed by atoms with Crippen molar-refractivity contribution in [3.8, 4) is 5.75 Å². The molecule has 2 rings (SSSR count). The topological polar surface area (TPSA) is 67.4 Å². The Bertz CT molecular complexity index is 777. The van der Waals surface area contributed by atoms with Gasteiger partial charge in [-0.3, -0.25) is 9.59 Å². The molecule has 0 atom stereocenters. The van der Waals surface area contributed by atoms with Crippen LogP contribution in [-0.4, -0.2) is 25.5 Å². The summed E-state index contributed by atoms with van der Waals surface area (Å²) >= 11 is 6.07. The number of hydrogen-bond acceptors (Lipinski definition) is 3. The number of halogens is 1. The van der Waals surface area contributed by atoms with Gasteiger partial charge in [-0.1, -0.05) is 37.4 Å². The van der Waals surface area contributed by atoms with E-state index in [1.54, 1.807) is 42.5 Å². The van der Waals surface area contributed by atoms with Gasteiger partial charge < -0.3 is 15.4 Å². The van der Waals surface area contributed by atoms with E-state index in [1.165, 1.54) is 7.11 Å². The zero-order valence-corrected chi connectivity index (χ0v) is 15.7. The van der Waals surface area contributed by atoms with E-state index in [1.807, 2.05) is 0 Å². The molecule has 2 amide bonds. The van der Waals surface area contributed by atoms with Gasteiger partial charge in [0.05, 0.1) is 12.1 Å². The summed E-state index contributed by atoms with van der Waals surface area (Å²) in [6.45, 7) is 2.74. The number of benzene rings is 2. The molecular weight excluding hydrogens is 352 g/mol. The van der Waals surface area contributed by atoms with Gasteiger partial charge in [0.15, 0.2) is 0 Å². The molecule has 0 unspecified atom stereocenters. The van der Waals surface area contributed by atoms with Crippen LogP contribution in [0.15, 0.2) is 42.5 Å². The zero-order valence-electron chi connectivity index (χ0n) is 15.0. The van der Waals surface area contributed by atoms with Crippen LogP contribution in [0.25, 0.3) is 0 Å². The van der Waals surface area contributed by atoms with Crippen molar-refractivity contribution >= 4 is 29.1 Å². The smallest absolute Gasteiger partial charge is 0.255 e. The lowest BCUT2D eigenvalue weighted by Crippen LogP contribution is -2.24. The zero-order chi connectivity index (χ0) is 18.9. The molecule has 0 aliphatic heterocycles. The molecule has 0 bridgehead atoms. The Balaban J connectivity index is 2.03. The third kappa shape index (κ3) is 5.49. The van der Waals surface area contributed by atoms with Crippen LogP contribution >= 0.6 is 11.6 Å². The first-order chi connectivity index (χ1) is 12.5. The predicted molar refractivity (Wildman–Crippen MR) is 104 cm³/mol. The molecule has 0 fully saturated rings. The lowest BCUT2D eigenvalue weighted by molar-refractivity contribution is 0.0953. The second-order valence-electron chi connectivity index (χ2n) is 5.85. The summed E-state index contributed by atoms with van der Waals surface area (Å²) in [7, 11) is 1.53. The van der Waals surface area contributed by atoms with Gasteiger partial charge in [-0.15, -0.1) is 0 Å². The van der Waals surface area contributed by atoms with E-state index in [-0.39, 0.29) is 11.8 Å². The Morgan fingerprint density at radius 1 is 1.04 bits per heavy atom. The number of nitrogens with one attached hydrogen (secondary N) is 2. The summed E-state index contributed by atoms with van der Waals surface area (Å²) < 4.78 is 5.09. The van der Waals surface area contributed by atoms with Crippen molar-refractivity contribution in [2.45, 2.75) is 26.2 Å². The maximum Gasteiger partial charge on any atom is 0.255 e. The molecule has 0 saturated heterocycles. The summed E-state index contributed by atoms with van der Waals surface area (Å²) in [4.78, 5) is 24.6. The van der Waals surface area contributed by atoms with Crippen LogP contribution in [0.2, 0.25) is 5.02 Å². The van der Waals surface area contributed by atoms with E-state index >= 15 is 0 Å². The number of carbonyl (C=O) groups excluding carboxylic acids is 2. The molecule has 0 spiro atoms. The van der Waals surface area contributed by atoms with Crippen LogP contribution in [0.1, 0.15) is 46.9 Å². The summed E-state index contributed by atoms with van der Waals surface area (Å²) in [5, 5.41) is 6.04. The molecular formula is C20H23ClN2O3. The quantitative estimate of drug-likeness (QED) is 0.667. The minimum atomic E-state index is -0.313. The number of carbonyl (C=O) groups is 2. The lowest BCUT2D eigenvalue weighted by atomic mass is 10.1. The summed E-state index contributed by atoms with van der Waals surface area (Å²) in [6, 6.07) is 11.6. The SMILES string of the molecule is CCCCCNC(=O)c1cccc(C(=O)Nc2ccc(OC)c(Cl)c2)c1. The number of amides is 2. The van der Waals surface area contributed by atoms with Gasteiger partial charge in [0.1, 0.15) is 5.75 Å². The number of methoxy groups -OCH3 is 1. The van der Waals surface area contributed by atoms with Crippen molar-refractivity contribution < 1.29 is 14.3 Å². The third-order valence-electron chi connectivity index (χ3n) is 3.86. The monoisotopic (exact) mass is 374 g/mol. The highest BCUT2D eigenvalue weighted by Crippen LogP contribution is 2.27. The number of ether oxygens (including phenoxy) is 1. The van der Waals surface area contributed by atoms with Crippen molar-refractivity contribution in [2.24, 2.45) is 0 Å². The van der Waals surface area contributed by atoms with Gasteiger partial charge >= 0.3 is 0 Å². The molecule has 2 aromatic carbocycles. The fourth-order valence-electron chi connectivity index (χ4n) is 2.43. The van der Waals surface area contributed by atoms with Crippen LogP contribution < -0.4 is 15.4 Å². The Kier molecular flexibility index (Phi) is 7.48. The first-order valence-electron chi connectivity index (χ1n) is 8.58. The molecule has 0 heterocycles. The minimum absolute atomic E-state index is 0.178. The Labute approximate surface area is 158 Å². The summed E-state index contributed by atoms with van der Waals surface area (Å²) in [5.74, 6) is 0.0431. The van der Waals surface area contributed by atoms with Crippen molar-refractivity contribution in [1.82, 2.24) is 5.32 Å². The molecule has 2 N–H and O–H groups in total. The molecule has 2 aromatic rings. The van der Waals surface area contributed by atoms with Gasteiger partial charge in [0.25, 0.3) is 11.8 Å². The van der Waals surface area contributed by atoms with Crippen LogP contribution in [0.3, 0.4) is 0 Å². The minimum Gasteiger partial charge on any atom is -0.495 e. The lowest BCUT2D eigenvalue weighted by Gasteiger charge is -2.09. The fraction of sp³-hybridized carbons (Fsp3) is 0.300. The predicted octanol–water partition coefficient (Wildman–Crippen LogP) is 4.52. The average Bonchev–Trinajstić information content (AvgIpc) is 2.65. The van der Waals surface area contributed by atoms with Crippen LogP contribution in [-0.2, 0) is 0 Å². The summed E-state index contributed by atoms with van der Waals surface area (Å²) in [5.41, 5.74) is 1.41. The molecule has 138 valence electrons. The van der Waals surface area contributed by atoms with Gasteiger partial charge in [-0.2, -0.15) is 0 Å². The number of anilines is 1. The highest BCUT2D eigenvalue weighted by molar-refractivity contribution is 6.32. The maximum absolute atomic E-state index is 12.4. The standard InChI is InChI=1S/C20H23ClN2O3/c1-3-4-5-11-22-19(24)14-7-6-8-15(12-14)20(25)23-16-9-10-18(26-2)17(21)13-16/h6-10,12-13H,3-5,11H2,1-2H3,(H,22,24)(H,23,25). The number of hydrogen-bond donors (Lipinski definition) is 2. The Hall–Kier alpha value is -2.53. The first-order valence-corrected chi connectivity index (χ1v) is 8.96. The van der Waals surface area contributed by atoms with E-state index in [2.05, 4.69) is 17.6 Å². The second-order valence-corrected chi connectivity index (χ2v) is 6.25. The molecule has 0 radical (unpaired) electrons. The van der Waals surface area contributed by atoms with Gasteiger partial charge in [-0.05, 0) is 42.8 Å². The second kappa shape index (κ2) is 9.82. The number of unbranched alkanes of at least 4 members (excludes halogenated alkanes) is 2. The normalized spacial score (nSPS) is 10.3. The molecule has 0 aromatic heterocycles. The number of rotatable bonds is 8. The van der Waals surface area contributed by atoms with E-state index in [0.29, 0.717) is 34.1 Å². The van der Waals surface area contributed by atoms with Crippen molar-refractivity contribution in [1.29, 1.82) is 0 Å². The molecule has 26 heavy (non-hydrogen) atoms. The van der Waals surface area contributed by atoms with Crippen molar-refractivity contribution in [3.63, 3.8) is 0 Å². The third-order valence-corrected chi connectivity index (χ3v) is 4.16. The van der Waals surface area contributed by atoms with Crippen molar-refractivity contribution in [3.05, 3.63) is 58.6 Å². The Morgan fingerprint density at radius 3 is 2.42 bits per heavy atom. The summed E-state index contributed by atoms with van der Waals surface area (Å²) in [6.07, 6.45) is 3.12. The van der Waals surface area contributed by atoms with Gasteiger partial charge in [-0.25, -0.2) is 0 Å². The molecule has 0 saturated carbocycles. The van der Waals surface area contributed by atoms with E-state index in [4.69, 9.17) is 16.3 Å². The van der Waals surface area contributed by atoms with Crippen LogP contribution in [0.5, 0.6) is 5.75 Å². The van der Waals surface area contributed by atoms with Gasteiger partial charge in [0.2, 0.25) is 0 Å². The van der Waals surface area contributed by atoms with Crippen LogP contribution in [0.4, 0.5) is 5.69 Å². The first kappa shape index (κ1) is 19.8. The molecule has 0 aliphatic carbocycles. The van der Waals surface area contributed by atoms with Crippen molar-refractivity contribution in [2.75, 3.05) is 19.0 Å². The van der Waals surface area contributed by atoms with Crippen LogP contribution in [0, 0.1) is 0 Å². The Morgan fingerprint density at radius 2 is 1.77 bits per heavy atom. The van der Waals surface area contributed by atoms with E-state index < -0.39 is 0 Å². The largest absolute Gasteiger partial charge is 0.495 e. The van der Waals surface area contributed by atoms with E-state index in [0.717, 1.165) is 19.3 Å². The molecule has 5 nitrogen and oxygen atoms in total. The highest BCUT2D eigenvalue weighted by atomic mass is 35.5. The average molecular weight is 375 g/mol. The molecule has 0 aliphatic rings.